The van der Waals surface area contributed by atoms with Crippen molar-refractivity contribution in [2.24, 2.45) is 5.92 Å². The van der Waals surface area contributed by atoms with Gasteiger partial charge in [-0.3, -0.25) is 9.59 Å². The predicted octanol–water partition coefficient (Wildman–Crippen LogP) is 2.78. The first-order valence-electron chi connectivity index (χ1n) is 11.2. The molecule has 2 aliphatic heterocycles. The van der Waals surface area contributed by atoms with E-state index in [1.165, 1.54) is 40.7 Å². The van der Waals surface area contributed by atoms with Gasteiger partial charge in [-0.15, -0.1) is 0 Å². The van der Waals surface area contributed by atoms with Gasteiger partial charge in [-0.05, 0) is 54.8 Å². The molecule has 0 radical (unpaired) electrons. The van der Waals surface area contributed by atoms with Crippen LogP contribution >= 0.6 is 0 Å². The minimum Gasteiger partial charge on any atom is -0.352 e. The van der Waals surface area contributed by atoms with Crippen molar-refractivity contribution in [3.8, 4) is 0 Å². The molecule has 0 saturated carbocycles. The standard InChI is InChI=1S/C24H28FN3O4S/c25-21-8-4-18(5-9-21)16-27-17-19(14-23(27)29)15-26-24(30)20-6-10-22(11-7-20)33(31,32)28-12-2-1-3-13-28/h4-11,19H,1-3,12-17H2,(H,26,30). The number of benzene rings is 2. The van der Waals surface area contributed by atoms with Crippen molar-refractivity contribution in [2.75, 3.05) is 26.2 Å². The molecule has 2 heterocycles. The second-order valence-corrected chi connectivity index (χ2v) is 10.6. The molecule has 4 rings (SSSR count). The Morgan fingerprint density at radius 1 is 1.00 bits per heavy atom. The van der Waals surface area contributed by atoms with Gasteiger partial charge in [0.1, 0.15) is 5.82 Å². The Balaban J connectivity index is 1.30. The summed E-state index contributed by atoms with van der Waals surface area (Å²) >= 11 is 0. The number of rotatable bonds is 7. The van der Waals surface area contributed by atoms with Crippen LogP contribution in [0.4, 0.5) is 4.39 Å². The zero-order chi connectivity index (χ0) is 23.4. The Bertz CT molecular complexity index is 1100. The maximum atomic E-state index is 13.1. The molecule has 1 unspecified atom stereocenters. The molecular formula is C24H28FN3O4S. The highest BCUT2D eigenvalue weighted by Gasteiger charge is 2.30. The van der Waals surface area contributed by atoms with Crippen molar-refractivity contribution >= 4 is 21.8 Å². The highest BCUT2D eigenvalue weighted by atomic mass is 32.2. The molecule has 2 amide bonds. The van der Waals surface area contributed by atoms with Gasteiger partial charge in [0.15, 0.2) is 0 Å². The highest BCUT2D eigenvalue weighted by molar-refractivity contribution is 7.89. The second-order valence-electron chi connectivity index (χ2n) is 8.67. The SMILES string of the molecule is O=C(NCC1CC(=O)N(Cc2ccc(F)cc2)C1)c1ccc(S(=O)(=O)N2CCCCC2)cc1. The number of nitrogens with zero attached hydrogens (tertiary/aromatic N) is 2. The van der Waals surface area contributed by atoms with Crippen molar-refractivity contribution in [2.45, 2.75) is 37.1 Å². The lowest BCUT2D eigenvalue weighted by atomic mass is 10.1. The van der Waals surface area contributed by atoms with Crippen molar-refractivity contribution < 1.29 is 22.4 Å². The van der Waals surface area contributed by atoms with Gasteiger partial charge in [0, 0.05) is 50.6 Å². The van der Waals surface area contributed by atoms with Gasteiger partial charge >= 0.3 is 0 Å². The van der Waals surface area contributed by atoms with Gasteiger partial charge in [0.05, 0.1) is 4.90 Å². The van der Waals surface area contributed by atoms with Crippen LogP contribution in [-0.2, 0) is 21.4 Å². The van der Waals surface area contributed by atoms with Crippen LogP contribution in [0.25, 0.3) is 0 Å². The van der Waals surface area contributed by atoms with Gasteiger partial charge in [-0.2, -0.15) is 4.31 Å². The molecule has 2 aromatic rings. The van der Waals surface area contributed by atoms with Gasteiger partial charge in [-0.25, -0.2) is 12.8 Å². The maximum Gasteiger partial charge on any atom is 0.251 e. The highest BCUT2D eigenvalue weighted by Crippen LogP contribution is 2.22. The zero-order valence-corrected chi connectivity index (χ0v) is 19.2. The summed E-state index contributed by atoms with van der Waals surface area (Å²) in [6.07, 6.45) is 3.12. The number of carbonyl (C=O) groups is 2. The summed E-state index contributed by atoms with van der Waals surface area (Å²) in [5.74, 6) is -0.628. The zero-order valence-electron chi connectivity index (χ0n) is 18.4. The topological polar surface area (TPSA) is 86.8 Å². The monoisotopic (exact) mass is 473 g/mol. The number of likely N-dealkylation sites (tertiary alicyclic amines) is 1. The van der Waals surface area contributed by atoms with Crippen molar-refractivity contribution in [3.05, 3.63) is 65.5 Å². The summed E-state index contributed by atoms with van der Waals surface area (Å²) in [4.78, 5) is 26.8. The predicted molar refractivity (Wildman–Crippen MR) is 121 cm³/mol. The van der Waals surface area contributed by atoms with E-state index >= 15 is 0 Å². The molecule has 176 valence electrons. The smallest absolute Gasteiger partial charge is 0.251 e. The summed E-state index contributed by atoms with van der Waals surface area (Å²) in [6, 6.07) is 12.1. The van der Waals surface area contributed by atoms with Gasteiger partial charge < -0.3 is 10.2 Å². The van der Waals surface area contributed by atoms with E-state index in [4.69, 9.17) is 0 Å². The van der Waals surface area contributed by atoms with Crippen LogP contribution in [-0.4, -0.2) is 55.6 Å². The Kier molecular flexibility index (Phi) is 7.09. The molecule has 0 spiro atoms. The Hall–Kier alpha value is -2.78. The quantitative estimate of drug-likeness (QED) is 0.670. The van der Waals surface area contributed by atoms with Crippen molar-refractivity contribution in [1.29, 1.82) is 0 Å². The minimum atomic E-state index is -3.53. The number of amides is 2. The third kappa shape index (κ3) is 5.59. The molecule has 9 heteroatoms. The van der Waals surface area contributed by atoms with Crippen molar-refractivity contribution in [3.63, 3.8) is 0 Å². The van der Waals surface area contributed by atoms with Gasteiger partial charge in [0.25, 0.3) is 5.91 Å². The minimum absolute atomic E-state index is 0.00541. The van der Waals surface area contributed by atoms with Crippen LogP contribution in [0, 0.1) is 11.7 Å². The first-order chi connectivity index (χ1) is 15.8. The van der Waals surface area contributed by atoms with E-state index in [-0.39, 0.29) is 28.4 Å². The summed E-state index contributed by atoms with van der Waals surface area (Å²) in [5.41, 5.74) is 1.23. The molecule has 33 heavy (non-hydrogen) atoms. The number of carbonyl (C=O) groups excluding carboxylic acids is 2. The number of nitrogens with one attached hydrogen (secondary N) is 1. The fourth-order valence-electron chi connectivity index (χ4n) is 4.33. The van der Waals surface area contributed by atoms with Crippen molar-refractivity contribution in [1.82, 2.24) is 14.5 Å². The lowest BCUT2D eigenvalue weighted by Gasteiger charge is -2.25. The normalized spacial score (nSPS) is 19.6. The molecular weight excluding hydrogens is 445 g/mol. The molecule has 7 nitrogen and oxygen atoms in total. The van der Waals surface area contributed by atoms with Crippen LogP contribution in [0.15, 0.2) is 53.4 Å². The van der Waals surface area contributed by atoms with E-state index in [1.807, 2.05) is 0 Å². The fourth-order valence-corrected chi connectivity index (χ4v) is 5.84. The lowest BCUT2D eigenvalue weighted by Crippen LogP contribution is -2.35. The summed E-state index contributed by atoms with van der Waals surface area (Å²) in [7, 11) is -3.53. The first-order valence-corrected chi connectivity index (χ1v) is 12.7. The average Bonchev–Trinajstić information content (AvgIpc) is 3.18. The van der Waals surface area contributed by atoms with E-state index in [1.54, 1.807) is 17.0 Å². The molecule has 2 fully saturated rings. The van der Waals surface area contributed by atoms with Crippen LogP contribution in [0.2, 0.25) is 0 Å². The second kappa shape index (κ2) is 10.0. The third-order valence-electron chi connectivity index (χ3n) is 6.20. The number of halogens is 1. The van der Waals surface area contributed by atoms with E-state index in [2.05, 4.69) is 5.32 Å². The lowest BCUT2D eigenvalue weighted by molar-refractivity contribution is -0.128. The van der Waals surface area contributed by atoms with E-state index in [9.17, 15) is 22.4 Å². The van der Waals surface area contributed by atoms with Crippen LogP contribution in [0.3, 0.4) is 0 Å². The van der Waals surface area contributed by atoms with Gasteiger partial charge in [-0.1, -0.05) is 18.6 Å². The molecule has 2 aromatic carbocycles. The van der Waals surface area contributed by atoms with Crippen LogP contribution in [0.5, 0.6) is 0 Å². The Morgan fingerprint density at radius 3 is 2.33 bits per heavy atom. The fraction of sp³-hybridized carbons (Fsp3) is 0.417. The van der Waals surface area contributed by atoms with Crippen LogP contribution in [0.1, 0.15) is 41.6 Å². The average molecular weight is 474 g/mol. The van der Waals surface area contributed by atoms with Gasteiger partial charge in [0.2, 0.25) is 15.9 Å². The molecule has 0 aliphatic carbocycles. The molecule has 0 aromatic heterocycles. The number of piperidine rings is 1. The largest absolute Gasteiger partial charge is 0.352 e. The van der Waals surface area contributed by atoms with Crippen LogP contribution < -0.4 is 5.32 Å². The molecule has 1 N–H and O–H groups in total. The summed E-state index contributed by atoms with van der Waals surface area (Å²) in [5, 5.41) is 2.85. The number of hydrogen-bond donors (Lipinski definition) is 1. The van der Waals surface area contributed by atoms with E-state index in [0.717, 1.165) is 24.8 Å². The Morgan fingerprint density at radius 2 is 1.67 bits per heavy atom. The first kappa shape index (κ1) is 23.4. The Labute approximate surface area is 193 Å². The van der Waals surface area contributed by atoms with E-state index < -0.39 is 10.0 Å². The number of sulfonamides is 1. The molecule has 2 saturated heterocycles. The van der Waals surface area contributed by atoms with E-state index in [0.29, 0.717) is 44.7 Å². The summed E-state index contributed by atoms with van der Waals surface area (Å²) < 4.78 is 40.1. The number of hydrogen-bond acceptors (Lipinski definition) is 4. The molecule has 1 atom stereocenters. The summed E-state index contributed by atoms with van der Waals surface area (Å²) in [6.45, 7) is 2.34. The molecule has 2 aliphatic rings. The molecule has 0 bridgehead atoms. The maximum absolute atomic E-state index is 13.1. The third-order valence-corrected chi connectivity index (χ3v) is 8.11.